The van der Waals surface area contributed by atoms with E-state index in [9.17, 15) is 0 Å². The van der Waals surface area contributed by atoms with Crippen molar-refractivity contribution in [3.05, 3.63) is 150 Å². The maximum absolute atomic E-state index is 6.35. The maximum atomic E-state index is 6.35. The van der Waals surface area contributed by atoms with Gasteiger partial charge >= 0.3 is 0 Å². The molecule has 8 aromatic rings. The van der Waals surface area contributed by atoms with Crippen LogP contribution in [0.3, 0.4) is 0 Å². The Balaban J connectivity index is 1.48. The highest BCUT2D eigenvalue weighted by Gasteiger charge is 2.35. The zero-order chi connectivity index (χ0) is 25.5. The smallest absolute Gasteiger partial charge is 0.135 e. The minimum absolute atomic E-state index is 0.0800. The molecule has 39 heavy (non-hydrogen) atoms. The molecule has 0 bridgehead atoms. The molecule has 182 valence electrons. The SMILES string of the molecule is c1ccc(-n2c3ccccc3c3ccc4c(c32)C(c2cccc3oc5ccccc5c23)c2ccccc2-4)cc1. The third kappa shape index (κ3) is 2.75. The highest BCUT2D eigenvalue weighted by molar-refractivity contribution is 6.14. The lowest BCUT2D eigenvalue weighted by Gasteiger charge is -2.19. The lowest BCUT2D eigenvalue weighted by Crippen LogP contribution is -2.03. The summed E-state index contributed by atoms with van der Waals surface area (Å²) in [4.78, 5) is 0. The third-order valence-electron chi connectivity index (χ3n) is 8.49. The largest absolute Gasteiger partial charge is 0.456 e. The van der Waals surface area contributed by atoms with Crippen LogP contribution in [0.2, 0.25) is 0 Å². The van der Waals surface area contributed by atoms with E-state index < -0.39 is 0 Å². The van der Waals surface area contributed by atoms with Crippen LogP contribution in [0.15, 0.2) is 138 Å². The quantitative estimate of drug-likeness (QED) is 0.232. The van der Waals surface area contributed by atoms with E-state index in [2.05, 4.69) is 132 Å². The second-order valence-corrected chi connectivity index (χ2v) is 10.4. The molecule has 0 spiro atoms. The van der Waals surface area contributed by atoms with Gasteiger partial charge in [-0.25, -0.2) is 0 Å². The molecular weight excluding hydrogens is 474 g/mol. The Hall–Kier alpha value is -5.08. The van der Waals surface area contributed by atoms with E-state index in [1.165, 1.54) is 66.1 Å². The summed E-state index contributed by atoms with van der Waals surface area (Å²) >= 11 is 0. The van der Waals surface area contributed by atoms with Crippen molar-refractivity contribution in [2.75, 3.05) is 0 Å². The lowest BCUT2D eigenvalue weighted by molar-refractivity contribution is 0.668. The first-order valence-corrected chi connectivity index (χ1v) is 13.5. The van der Waals surface area contributed by atoms with Crippen molar-refractivity contribution in [3.63, 3.8) is 0 Å². The first-order chi connectivity index (χ1) is 19.4. The van der Waals surface area contributed by atoms with Gasteiger partial charge in [0.15, 0.2) is 0 Å². The Bertz CT molecular complexity index is 2230. The Kier molecular flexibility index (Phi) is 4.14. The molecule has 2 aromatic heterocycles. The molecule has 2 nitrogen and oxygen atoms in total. The number of para-hydroxylation sites is 3. The first-order valence-electron chi connectivity index (χ1n) is 13.5. The van der Waals surface area contributed by atoms with Gasteiger partial charge in [0.2, 0.25) is 0 Å². The van der Waals surface area contributed by atoms with Gasteiger partial charge in [-0.3, -0.25) is 0 Å². The molecule has 1 aliphatic rings. The summed E-state index contributed by atoms with van der Waals surface area (Å²) in [6.45, 7) is 0. The van der Waals surface area contributed by atoms with Crippen molar-refractivity contribution in [2.24, 2.45) is 0 Å². The normalized spacial score (nSPS) is 14.4. The third-order valence-corrected chi connectivity index (χ3v) is 8.49. The van der Waals surface area contributed by atoms with Crippen LogP contribution in [0.5, 0.6) is 0 Å². The molecule has 0 fully saturated rings. The van der Waals surface area contributed by atoms with Crippen molar-refractivity contribution in [1.82, 2.24) is 4.57 Å². The topological polar surface area (TPSA) is 18.1 Å². The Morgan fingerprint density at radius 2 is 1.21 bits per heavy atom. The fourth-order valence-corrected chi connectivity index (χ4v) is 6.97. The number of fused-ring (bicyclic) bond motifs is 10. The van der Waals surface area contributed by atoms with Crippen molar-refractivity contribution < 1.29 is 4.42 Å². The van der Waals surface area contributed by atoms with Crippen LogP contribution in [0.25, 0.3) is 60.6 Å². The van der Waals surface area contributed by atoms with Gasteiger partial charge in [0.05, 0.1) is 11.0 Å². The molecule has 0 radical (unpaired) electrons. The predicted octanol–water partition coefficient (Wildman–Crippen LogP) is 9.84. The number of hydrogen-bond donors (Lipinski definition) is 0. The molecule has 6 aromatic carbocycles. The Labute approximate surface area is 225 Å². The number of aromatic nitrogens is 1. The van der Waals surface area contributed by atoms with E-state index >= 15 is 0 Å². The summed E-state index contributed by atoms with van der Waals surface area (Å²) in [6, 6.07) is 48.1. The number of nitrogens with zero attached hydrogens (tertiary/aromatic N) is 1. The van der Waals surface area contributed by atoms with Gasteiger partial charge in [0, 0.05) is 33.2 Å². The number of hydrogen-bond acceptors (Lipinski definition) is 1. The van der Waals surface area contributed by atoms with E-state index in [1.807, 2.05) is 6.07 Å². The van der Waals surface area contributed by atoms with Crippen LogP contribution in [0.1, 0.15) is 22.6 Å². The monoisotopic (exact) mass is 497 g/mol. The van der Waals surface area contributed by atoms with Gasteiger partial charge in [-0.1, -0.05) is 103 Å². The molecule has 0 aliphatic heterocycles. The van der Waals surface area contributed by atoms with E-state index in [0.717, 1.165) is 11.2 Å². The van der Waals surface area contributed by atoms with Crippen LogP contribution in [0, 0.1) is 0 Å². The van der Waals surface area contributed by atoms with Gasteiger partial charge in [0.25, 0.3) is 0 Å². The van der Waals surface area contributed by atoms with Gasteiger partial charge in [0.1, 0.15) is 11.2 Å². The fourth-order valence-electron chi connectivity index (χ4n) is 6.97. The molecule has 9 rings (SSSR count). The van der Waals surface area contributed by atoms with Crippen LogP contribution >= 0.6 is 0 Å². The zero-order valence-electron chi connectivity index (χ0n) is 21.1. The molecule has 0 saturated carbocycles. The van der Waals surface area contributed by atoms with E-state index in [0.29, 0.717) is 0 Å². The Morgan fingerprint density at radius 1 is 0.487 bits per heavy atom. The van der Waals surface area contributed by atoms with Crippen LogP contribution in [-0.2, 0) is 0 Å². The van der Waals surface area contributed by atoms with Gasteiger partial charge < -0.3 is 8.98 Å². The number of furan rings is 1. The van der Waals surface area contributed by atoms with E-state index in [4.69, 9.17) is 4.42 Å². The van der Waals surface area contributed by atoms with Crippen molar-refractivity contribution in [3.8, 4) is 16.8 Å². The van der Waals surface area contributed by atoms with Gasteiger partial charge in [-0.15, -0.1) is 0 Å². The molecule has 0 amide bonds. The fraction of sp³-hybridized carbons (Fsp3) is 0.0270. The first kappa shape index (κ1) is 20.9. The molecule has 1 aliphatic carbocycles. The van der Waals surface area contributed by atoms with Crippen molar-refractivity contribution in [2.45, 2.75) is 5.92 Å². The molecule has 0 N–H and O–H groups in total. The summed E-state index contributed by atoms with van der Waals surface area (Å²) < 4.78 is 8.82. The summed E-state index contributed by atoms with van der Waals surface area (Å²) in [6.07, 6.45) is 0. The highest BCUT2D eigenvalue weighted by atomic mass is 16.3. The predicted molar refractivity (Wildman–Crippen MR) is 161 cm³/mol. The van der Waals surface area contributed by atoms with E-state index in [1.54, 1.807) is 0 Å². The summed E-state index contributed by atoms with van der Waals surface area (Å²) in [5.74, 6) is 0.0800. The summed E-state index contributed by atoms with van der Waals surface area (Å²) in [5.41, 5.74) is 12.2. The van der Waals surface area contributed by atoms with Gasteiger partial charge in [-0.05, 0) is 58.1 Å². The number of benzene rings is 6. The summed E-state index contributed by atoms with van der Waals surface area (Å²) in [7, 11) is 0. The van der Waals surface area contributed by atoms with Crippen molar-refractivity contribution >= 4 is 43.7 Å². The number of rotatable bonds is 2. The van der Waals surface area contributed by atoms with Crippen LogP contribution < -0.4 is 0 Å². The molecule has 2 heterocycles. The minimum Gasteiger partial charge on any atom is -0.456 e. The maximum Gasteiger partial charge on any atom is 0.135 e. The second-order valence-electron chi connectivity index (χ2n) is 10.4. The average Bonchev–Trinajstić information content (AvgIpc) is 3.65. The minimum atomic E-state index is 0.0800. The molecule has 1 unspecified atom stereocenters. The van der Waals surface area contributed by atoms with Gasteiger partial charge in [-0.2, -0.15) is 0 Å². The van der Waals surface area contributed by atoms with Crippen molar-refractivity contribution in [1.29, 1.82) is 0 Å². The molecule has 1 atom stereocenters. The molecule has 0 saturated heterocycles. The lowest BCUT2D eigenvalue weighted by atomic mass is 9.85. The molecule has 2 heteroatoms. The highest BCUT2D eigenvalue weighted by Crippen LogP contribution is 2.54. The second kappa shape index (κ2) is 7.72. The van der Waals surface area contributed by atoms with Crippen LogP contribution in [-0.4, -0.2) is 4.57 Å². The van der Waals surface area contributed by atoms with Crippen LogP contribution in [0.4, 0.5) is 0 Å². The standard InChI is InChI=1S/C37H23NO/c1-2-11-23(12-3-1)38-31-18-8-6-14-25(31)28-22-21-27-24-13-4-5-15-26(24)35(36(27)37(28)38)30-17-10-20-33-34(30)29-16-7-9-19-32(29)39-33/h1-22,35H. The van der Waals surface area contributed by atoms with E-state index in [-0.39, 0.29) is 5.92 Å². The molecular formula is C37H23NO. The summed E-state index contributed by atoms with van der Waals surface area (Å²) in [5, 5.41) is 4.95. The average molecular weight is 498 g/mol. The Morgan fingerprint density at radius 3 is 2.13 bits per heavy atom. The zero-order valence-corrected chi connectivity index (χ0v) is 21.1.